The average Bonchev–Trinajstić information content (AvgIpc) is 2.34. The van der Waals surface area contributed by atoms with Crippen LogP contribution in [-0.4, -0.2) is 40.6 Å². The van der Waals surface area contributed by atoms with Gasteiger partial charge in [0, 0.05) is 5.56 Å². The molecule has 1 aromatic carbocycles. The molecular weight excluding hydrogens is 295 g/mol. The Labute approximate surface area is 117 Å². The van der Waals surface area contributed by atoms with Crippen molar-refractivity contribution in [1.82, 2.24) is 5.32 Å². The van der Waals surface area contributed by atoms with E-state index >= 15 is 0 Å². The van der Waals surface area contributed by atoms with Gasteiger partial charge in [0.25, 0.3) is 5.91 Å². The molecule has 0 aliphatic heterocycles. The van der Waals surface area contributed by atoms with Gasteiger partial charge in [0.2, 0.25) is 0 Å². The van der Waals surface area contributed by atoms with Crippen molar-refractivity contribution in [2.75, 3.05) is 6.54 Å². The minimum atomic E-state index is -4.89. The molecule has 6 nitrogen and oxygen atoms in total. The zero-order chi connectivity index (χ0) is 16.3. The summed E-state index contributed by atoms with van der Waals surface area (Å²) >= 11 is 0. The van der Waals surface area contributed by atoms with Crippen molar-refractivity contribution < 1.29 is 37.7 Å². The lowest BCUT2D eigenvalue weighted by molar-refractivity contribution is -0.274. The maximum atomic E-state index is 12.0. The molecule has 0 saturated heterocycles. The van der Waals surface area contributed by atoms with Gasteiger partial charge in [-0.3, -0.25) is 4.79 Å². The quantitative estimate of drug-likeness (QED) is 0.758. The number of alkyl halides is 3. The Balaban J connectivity index is 2.75. The molecule has 0 spiro atoms. The first-order valence-electron chi connectivity index (χ1n) is 5.61. The third-order valence-electron chi connectivity index (χ3n) is 2.38. The van der Waals surface area contributed by atoms with Crippen molar-refractivity contribution in [3.05, 3.63) is 29.8 Å². The monoisotopic (exact) mass is 307 g/mol. The van der Waals surface area contributed by atoms with Crippen LogP contribution in [0.4, 0.5) is 13.2 Å². The normalized spacial score (nSPS) is 14.1. The minimum absolute atomic E-state index is 0.169. The first kappa shape index (κ1) is 16.8. The SMILES string of the molecule is CC(O)(CNC(=O)c1cccc(OC(F)(F)F)c1)C(=O)O. The van der Waals surface area contributed by atoms with Crippen LogP contribution in [0.5, 0.6) is 5.75 Å². The van der Waals surface area contributed by atoms with Crippen LogP contribution in [0.1, 0.15) is 17.3 Å². The van der Waals surface area contributed by atoms with E-state index in [2.05, 4.69) is 10.1 Å². The summed E-state index contributed by atoms with van der Waals surface area (Å²) < 4.78 is 39.8. The number of amides is 1. The summed E-state index contributed by atoms with van der Waals surface area (Å²) in [6.07, 6.45) is -4.89. The van der Waals surface area contributed by atoms with Gasteiger partial charge in [-0.15, -0.1) is 13.2 Å². The smallest absolute Gasteiger partial charge is 0.479 e. The molecule has 1 amide bonds. The summed E-state index contributed by atoms with van der Waals surface area (Å²) in [6, 6.07) is 4.25. The van der Waals surface area contributed by atoms with Crippen molar-refractivity contribution in [2.45, 2.75) is 18.9 Å². The number of carbonyl (C=O) groups excluding carboxylic acids is 1. The largest absolute Gasteiger partial charge is 0.573 e. The fraction of sp³-hybridized carbons (Fsp3) is 0.333. The Hall–Kier alpha value is -2.29. The molecule has 9 heteroatoms. The van der Waals surface area contributed by atoms with E-state index in [0.717, 1.165) is 19.1 Å². The van der Waals surface area contributed by atoms with Gasteiger partial charge >= 0.3 is 12.3 Å². The number of benzene rings is 1. The summed E-state index contributed by atoms with van der Waals surface area (Å²) in [5.74, 6) is -2.97. The third kappa shape index (κ3) is 5.30. The van der Waals surface area contributed by atoms with Gasteiger partial charge in [-0.2, -0.15) is 0 Å². The number of aliphatic hydroxyl groups is 1. The Kier molecular flexibility index (Phi) is 4.79. The number of hydrogen-bond acceptors (Lipinski definition) is 4. The number of rotatable bonds is 5. The van der Waals surface area contributed by atoms with Gasteiger partial charge in [0.1, 0.15) is 5.75 Å². The Morgan fingerprint density at radius 3 is 2.48 bits per heavy atom. The van der Waals surface area contributed by atoms with E-state index in [9.17, 15) is 27.9 Å². The Morgan fingerprint density at radius 1 is 1.33 bits per heavy atom. The minimum Gasteiger partial charge on any atom is -0.479 e. The lowest BCUT2D eigenvalue weighted by atomic mass is 10.1. The molecule has 1 unspecified atom stereocenters. The molecule has 116 valence electrons. The van der Waals surface area contributed by atoms with Crippen LogP contribution in [0.25, 0.3) is 0 Å². The molecule has 1 aromatic rings. The van der Waals surface area contributed by atoms with Gasteiger partial charge in [0.05, 0.1) is 6.54 Å². The fourth-order valence-corrected chi connectivity index (χ4v) is 1.26. The number of ether oxygens (including phenoxy) is 1. The molecule has 0 saturated carbocycles. The van der Waals surface area contributed by atoms with E-state index in [1.165, 1.54) is 12.1 Å². The Morgan fingerprint density at radius 2 is 1.95 bits per heavy atom. The van der Waals surface area contributed by atoms with E-state index in [4.69, 9.17) is 5.11 Å². The summed E-state index contributed by atoms with van der Waals surface area (Å²) in [4.78, 5) is 22.3. The van der Waals surface area contributed by atoms with Gasteiger partial charge < -0.3 is 20.3 Å². The fourth-order valence-electron chi connectivity index (χ4n) is 1.26. The van der Waals surface area contributed by atoms with Crippen molar-refractivity contribution >= 4 is 11.9 Å². The molecule has 0 bridgehead atoms. The maximum Gasteiger partial charge on any atom is 0.573 e. The van der Waals surface area contributed by atoms with Crippen LogP contribution in [0.3, 0.4) is 0 Å². The number of nitrogens with one attached hydrogen (secondary N) is 1. The van der Waals surface area contributed by atoms with Crippen molar-refractivity contribution in [3.63, 3.8) is 0 Å². The number of aliphatic carboxylic acids is 1. The molecular formula is C12H12F3NO5. The van der Waals surface area contributed by atoms with Gasteiger partial charge in [-0.05, 0) is 25.1 Å². The van der Waals surface area contributed by atoms with Crippen LogP contribution < -0.4 is 10.1 Å². The number of halogens is 3. The van der Waals surface area contributed by atoms with Crippen LogP contribution in [0.15, 0.2) is 24.3 Å². The number of carboxylic acids is 1. The predicted octanol–water partition coefficient (Wildman–Crippen LogP) is 1.15. The molecule has 0 aliphatic rings. The van der Waals surface area contributed by atoms with Crippen LogP contribution >= 0.6 is 0 Å². The number of carboxylic acid groups (broad SMARTS) is 1. The number of carbonyl (C=O) groups is 2. The second kappa shape index (κ2) is 6.00. The second-order valence-electron chi connectivity index (χ2n) is 4.34. The average molecular weight is 307 g/mol. The first-order chi connectivity index (χ1) is 9.51. The lowest BCUT2D eigenvalue weighted by Gasteiger charge is -2.18. The van der Waals surface area contributed by atoms with E-state index < -0.39 is 36.1 Å². The van der Waals surface area contributed by atoms with E-state index in [1.807, 2.05) is 0 Å². The highest BCUT2D eigenvalue weighted by atomic mass is 19.4. The summed E-state index contributed by atoms with van der Waals surface area (Å²) in [7, 11) is 0. The molecule has 1 rings (SSSR count). The Bertz CT molecular complexity index is 542. The summed E-state index contributed by atoms with van der Waals surface area (Å²) in [5.41, 5.74) is -2.35. The second-order valence-corrected chi connectivity index (χ2v) is 4.34. The summed E-state index contributed by atoms with van der Waals surface area (Å²) in [6.45, 7) is 0.365. The molecule has 0 aliphatic carbocycles. The highest BCUT2D eigenvalue weighted by Gasteiger charge is 2.32. The molecule has 0 radical (unpaired) electrons. The zero-order valence-electron chi connectivity index (χ0n) is 10.8. The first-order valence-corrected chi connectivity index (χ1v) is 5.61. The van der Waals surface area contributed by atoms with E-state index in [1.54, 1.807) is 0 Å². The predicted molar refractivity (Wildman–Crippen MR) is 63.7 cm³/mol. The van der Waals surface area contributed by atoms with Crippen LogP contribution in [0, 0.1) is 0 Å². The highest BCUT2D eigenvalue weighted by molar-refractivity contribution is 5.95. The number of hydrogen-bond donors (Lipinski definition) is 3. The van der Waals surface area contributed by atoms with Crippen molar-refractivity contribution in [1.29, 1.82) is 0 Å². The molecule has 1 atom stereocenters. The van der Waals surface area contributed by atoms with E-state index in [-0.39, 0.29) is 5.56 Å². The standard InChI is InChI=1S/C12H12F3NO5/c1-11(20,10(18)19)6-16-9(17)7-3-2-4-8(5-7)21-12(13,14)15/h2-5,20H,6H2,1H3,(H,16,17)(H,18,19). The summed E-state index contributed by atoms with van der Waals surface area (Å²) in [5, 5.41) is 20.2. The molecule has 0 heterocycles. The van der Waals surface area contributed by atoms with Crippen LogP contribution in [0.2, 0.25) is 0 Å². The molecule has 0 aromatic heterocycles. The van der Waals surface area contributed by atoms with E-state index in [0.29, 0.717) is 0 Å². The van der Waals surface area contributed by atoms with Crippen molar-refractivity contribution in [3.8, 4) is 5.75 Å². The lowest BCUT2D eigenvalue weighted by Crippen LogP contribution is -2.46. The maximum absolute atomic E-state index is 12.0. The topological polar surface area (TPSA) is 95.9 Å². The third-order valence-corrected chi connectivity index (χ3v) is 2.38. The van der Waals surface area contributed by atoms with Crippen LogP contribution in [-0.2, 0) is 4.79 Å². The molecule has 3 N–H and O–H groups in total. The van der Waals surface area contributed by atoms with Gasteiger partial charge in [-0.25, -0.2) is 4.79 Å². The molecule has 21 heavy (non-hydrogen) atoms. The van der Waals surface area contributed by atoms with Crippen molar-refractivity contribution in [2.24, 2.45) is 0 Å². The highest BCUT2D eigenvalue weighted by Crippen LogP contribution is 2.23. The van der Waals surface area contributed by atoms with Gasteiger partial charge in [0.15, 0.2) is 5.60 Å². The zero-order valence-corrected chi connectivity index (χ0v) is 10.8. The van der Waals surface area contributed by atoms with Gasteiger partial charge in [-0.1, -0.05) is 6.07 Å². The molecule has 0 fully saturated rings.